The quantitative estimate of drug-likeness (QED) is 0.112. The molecule has 305 valence electrons. The number of hydrogen-bond donors (Lipinski definition) is 0. The molecule has 0 saturated heterocycles. The zero-order valence-electron chi connectivity index (χ0n) is 37.9. The van der Waals surface area contributed by atoms with Gasteiger partial charge in [-0.3, -0.25) is 0 Å². The van der Waals surface area contributed by atoms with E-state index in [0.29, 0.717) is 0 Å². The summed E-state index contributed by atoms with van der Waals surface area (Å²) < 4.78 is 28.9. The van der Waals surface area contributed by atoms with E-state index in [2.05, 4.69) is 145 Å². The van der Waals surface area contributed by atoms with E-state index in [1.807, 2.05) is 30.5 Å². The number of pyridine rings is 2. The first-order valence-electron chi connectivity index (χ1n) is 22.9. The average molecular weight is 998 g/mol. The van der Waals surface area contributed by atoms with Crippen LogP contribution in [0, 0.1) is 18.1 Å². The Morgan fingerprint density at radius 3 is 2.08 bits per heavy atom. The van der Waals surface area contributed by atoms with Gasteiger partial charge in [-0.1, -0.05) is 160 Å². The van der Waals surface area contributed by atoms with Gasteiger partial charge in [0, 0.05) is 41.3 Å². The Morgan fingerprint density at radius 1 is 0.650 bits per heavy atom. The molecule has 3 heterocycles. The predicted octanol–water partition coefficient (Wildman–Crippen LogP) is 15.1. The molecule has 10 rings (SSSR count). The molecule has 0 unspecified atom stereocenters. The Labute approximate surface area is 380 Å². The molecular weight excluding hydrogens is 941 g/mol. The van der Waals surface area contributed by atoms with Crippen LogP contribution in [-0.2, 0) is 26.5 Å². The van der Waals surface area contributed by atoms with Gasteiger partial charge in [-0.15, -0.1) is 59.2 Å². The minimum atomic E-state index is -1.34. The number of aromatic nitrogens is 2. The van der Waals surface area contributed by atoms with E-state index in [4.69, 9.17) is 4.11 Å². The second-order valence-electron chi connectivity index (χ2n) is 17.3. The second kappa shape index (κ2) is 19.0. The van der Waals surface area contributed by atoms with Gasteiger partial charge in [-0.05, 0) is 92.1 Å². The smallest absolute Gasteiger partial charge is 0.0795 e. The van der Waals surface area contributed by atoms with Crippen molar-refractivity contribution in [3.8, 4) is 44.8 Å². The zero-order valence-corrected chi connectivity index (χ0v) is 39.1. The van der Waals surface area contributed by atoms with Crippen molar-refractivity contribution in [1.29, 1.82) is 0 Å². The van der Waals surface area contributed by atoms with E-state index in [1.54, 1.807) is 17.5 Å². The molecule has 2 aliphatic rings. The number of hydrogen-bond acceptors (Lipinski definition) is 3. The van der Waals surface area contributed by atoms with Crippen LogP contribution in [0.3, 0.4) is 0 Å². The van der Waals surface area contributed by atoms with Crippen LogP contribution in [0.25, 0.3) is 64.9 Å². The summed E-state index contributed by atoms with van der Waals surface area (Å²) in [6.45, 7) is 7.00. The first-order valence-corrected chi connectivity index (χ1v) is 25.8. The fourth-order valence-electron chi connectivity index (χ4n) is 8.61. The minimum Gasteiger partial charge on any atom is -0.305 e. The van der Waals surface area contributed by atoms with E-state index in [-0.39, 0.29) is 26.0 Å². The molecule has 5 heteroatoms. The van der Waals surface area contributed by atoms with Crippen molar-refractivity contribution in [2.24, 2.45) is 5.92 Å². The van der Waals surface area contributed by atoms with Gasteiger partial charge in [-0.2, -0.15) is 11.3 Å². The number of fused-ring (bicyclic) bond motifs is 3. The normalized spacial score (nSPS) is 16.3. The van der Waals surface area contributed by atoms with Gasteiger partial charge >= 0.3 is 0 Å². The molecule has 2 nitrogen and oxygen atoms in total. The molecule has 0 N–H and O–H groups in total. The van der Waals surface area contributed by atoms with Crippen molar-refractivity contribution in [2.45, 2.75) is 89.7 Å². The first kappa shape index (κ1) is 38.4. The van der Waals surface area contributed by atoms with Gasteiger partial charge < -0.3 is 9.97 Å². The molecule has 2 fully saturated rings. The van der Waals surface area contributed by atoms with Crippen molar-refractivity contribution >= 4 is 44.8 Å². The van der Waals surface area contributed by atoms with E-state index in [9.17, 15) is 0 Å². The number of rotatable bonds is 8. The predicted molar refractivity (Wildman–Crippen MR) is 255 cm³/mol. The Hall–Kier alpha value is -4.51. The summed E-state index contributed by atoms with van der Waals surface area (Å²) >= 11 is 1.79. The third-order valence-electron chi connectivity index (χ3n) is 12.1. The monoisotopic (exact) mass is 998 g/mol. The molecule has 1 radical (unpaired) electrons. The standard InChI is InChI=1S/C36H30NS.C19H24NSi.Ir/c1-3-7-25(8-4-1)21-26-19-20-37-34(22-26)31-16-18-35-33(23-31)32-17-15-30(24-36(32)38-35)29-13-11-28(12-14-29)27-9-5-2-6-10-27;1-21(2,3)18-11-12-19(20-14-18)17-10-6-9-16(13-17)15-7-4-5-8-15;/h2,5-6,9-15,17-20,22-25H,1,3-4,7-8,21H2;6,9,11-15H,4-5,7-8H2,1-3H3;/q2*-1;/i21D2;15D;. The van der Waals surface area contributed by atoms with Crippen LogP contribution in [0.15, 0.2) is 140 Å². The summed E-state index contributed by atoms with van der Waals surface area (Å²) in [4.78, 5) is 9.28. The van der Waals surface area contributed by atoms with Gasteiger partial charge in [-0.25, -0.2) is 0 Å². The third kappa shape index (κ3) is 9.82. The second-order valence-corrected chi connectivity index (χ2v) is 23.4. The van der Waals surface area contributed by atoms with Crippen LogP contribution in [0.5, 0.6) is 0 Å². The van der Waals surface area contributed by atoms with Crippen molar-refractivity contribution in [2.75, 3.05) is 0 Å². The van der Waals surface area contributed by atoms with Crippen LogP contribution < -0.4 is 5.19 Å². The Morgan fingerprint density at radius 2 is 1.35 bits per heavy atom. The van der Waals surface area contributed by atoms with Crippen molar-refractivity contribution in [1.82, 2.24) is 9.97 Å². The summed E-state index contributed by atoms with van der Waals surface area (Å²) in [6.07, 6.45) is 12.1. The summed E-state index contributed by atoms with van der Waals surface area (Å²) in [5, 5.41) is 3.80. The van der Waals surface area contributed by atoms with E-state index < -0.39 is 20.3 Å². The van der Waals surface area contributed by atoms with Crippen LogP contribution >= 0.6 is 11.3 Å². The molecule has 0 spiro atoms. The summed E-state index contributed by atoms with van der Waals surface area (Å²) in [5.41, 5.74) is 10.4. The summed E-state index contributed by atoms with van der Waals surface area (Å²) in [6, 6.07) is 51.2. The minimum absolute atomic E-state index is 0. The van der Waals surface area contributed by atoms with E-state index >= 15 is 0 Å². The van der Waals surface area contributed by atoms with Gasteiger partial charge in [0.1, 0.15) is 0 Å². The van der Waals surface area contributed by atoms with Crippen molar-refractivity contribution < 1.29 is 24.2 Å². The molecule has 5 aromatic carbocycles. The Balaban J connectivity index is 0.000000201. The average Bonchev–Trinajstić information content (AvgIpc) is 3.93. The van der Waals surface area contributed by atoms with Crippen LogP contribution in [0.1, 0.15) is 78.9 Å². The molecule has 0 bridgehead atoms. The fourth-order valence-corrected chi connectivity index (χ4v) is 10.7. The van der Waals surface area contributed by atoms with Gasteiger partial charge in [0.2, 0.25) is 0 Å². The summed E-state index contributed by atoms with van der Waals surface area (Å²) in [7, 11) is -1.30. The van der Waals surface area contributed by atoms with Crippen LogP contribution in [0.2, 0.25) is 19.6 Å². The Kier molecular flexibility index (Phi) is 12.2. The molecule has 2 saturated carbocycles. The Bertz CT molecular complexity index is 2810. The number of benzene rings is 5. The maximum Gasteiger partial charge on any atom is 0.0795 e. The first-order chi connectivity index (χ1) is 29.9. The van der Waals surface area contributed by atoms with E-state index in [0.717, 1.165) is 72.2 Å². The SMILES string of the molecule is [2H]C([2H])(c1ccnc(-c2[c-]cc3sc4cc(-c5ccc(-c6ccccc6)cc5)ccc4c3c2)c1)C1CCCCC1.[2H]C1(c2cc[c-]c(-c3ccc([Si](C)(C)C)cn3)c2)CCCC1.[Ir]. The maximum atomic E-state index is 8.91. The molecular formula is C55H54IrN2SSi-2. The fraction of sp³-hybridized carbons (Fsp3) is 0.273. The third-order valence-corrected chi connectivity index (χ3v) is 15.2. The van der Waals surface area contributed by atoms with Gasteiger partial charge in [0.15, 0.2) is 0 Å². The zero-order chi connectivity index (χ0) is 42.9. The molecule has 0 atom stereocenters. The molecule has 0 amide bonds. The molecule has 8 aromatic rings. The van der Waals surface area contributed by atoms with E-state index in [1.165, 1.54) is 66.9 Å². The van der Waals surface area contributed by atoms with Crippen LogP contribution in [-0.4, -0.2) is 18.0 Å². The number of nitrogens with zero attached hydrogens (tertiary/aromatic N) is 2. The molecule has 0 aliphatic heterocycles. The summed E-state index contributed by atoms with van der Waals surface area (Å²) in [5.74, 6) is -0.324. The van der Waals surface area contributed by atoms with Gasteiger partial charge in [0.25, 0.3) is 0 Å². The maximum absolute atomic E-state index is 8.91. The number of thiophene rings is 1. The molecule has 2 aliphatic carbocycles. The molecule has 60 heavy (non-hydrogen) atoms. The van der Waals surface area contributed by atoms with Gasteiger partial charge in [0.05, 0.1) is 8.07 Å². The van der Waals surface area contributed by atoms with Crippen molar-refractivity contribution in [3.63, 3.8) is 0 Å². The topological polar surface area (TPSA) is 25.8 Å². The van der Waals surface area contributed by atoms with Crippen LogP contribution in [0.4, 0.5) is 0 Å². The van der Waals surface area contributed by atoms with Crippen molar-refractivity contribution in [3.05, 3.63) is 163 Å². The molecule has 3 aromatic heterocycles. The largest absolute Gasteiger partial charge is 0.305 e.